The average Bonchev–Trinajstić information content (AvgIpc) is 3.27. The van der Waals surface area contributed by atoms with E-state index >= 15 is 0 Å². The summed E-state index contributed by atoms with van der Waals surface area (Å²) >= 11 is 1.47. The molecular formula is C29H35FN4O3S2. The molecule has 0 unspecified atom stereocenters. The van der Waals surface area contributed by atoms with Gasteiger partial charge in [-0.15, -0.1) is 11.3 Å². The maximum absolute atomic E-state index is 13.9. The van der Waals surface area contributed by atoms with E-state index in [2.05, 4.69) is 15.2 Å². The second-order valence-corrected chi connectivity index (χ2v) is 14.5. The molecule has 2 aromatic carbocycles. The van der Waals surface area contributed by atoms with Gasteiger partial charge in [-0.1, -0.05) is 36.4 Å². The van der Waals surface area contributed by atoms with Crippen molar-refractivity contribution < 1.29 is 17.6 Å². The number of carbonyl (C=O) groups excluding carboxylic acids is 1. The summed E-state index contributed by atoms with van der Waals surface area (Å²) in [5, 5.41) is 3.56. The highest BCUT2D eigenvalue weighted by molar-refractivity contribution is 7.89. The summed E-state index contributed by atoms with van der Waals surface area (Å²) in [5.41, 5.74) is 1.20. The van der Waals surface area contributed by atoms with E-state index in [1.165, 1.54) is 29.5 Å². The monoisotopic (exact) mass is 570 g/mol. The number of halogens is 1. The van der Waals surface area contributed by atoms with Gasteiger partial charge in [-0.05, 0) is 83.2 Å². The molecule has 39 heavy (non-hydrogen) atoms. The van der Waals surface area contributed by atoms with E-state index < -0.39 is 21.4 Å². The molecule has 2 fully saturated rings. The highest BCUT2D eigenvalue weighted by Crippen LogP contribution is 2.46. The van der Waals surface area contributed by atoms with Gasteiger partial charge in [0.25, 0.3) is 0 Å². The molecule has 5 rings (SSSR count). The van der Waals surface area contributed by atoms with Crippen molar-refractivity contribution in [1.82, 2.24) is 14.2 Å². The Morgan fingerprint density at radius 3 is 2.46 bits per heavy atom. The average molecular weight is 571 g/mol. The number of aromatic nitrogens is 1. The minimum atomic E-state index is -3.85. The lowest BCUT2D eigenvalue weighted by molar-refractivity contribution is -0.118. The number of hydrogen-bond donors (Lipinski definition) is 1. The quantitative estimate of drug-likeness (QED) is 0.421. The number of anilines is 1. The predicted octanol–water partition coefficient (Wildman–Crippen LogP) is 5.54. The number of thiazole rings is 1. The van der Waals surface area contributed by atoms with E-state index in [4.69, 9.17) is 0 Å². The summed E-state index contributed by atoms with van der Waals surface area (Å²) in [6.45, 7) is 8.00. The van der Waals surface area contributed by atoms with Crippen LogP contribution in [0.5, 0.6) is 0 Å². The normalized spacial score (nSPS) is 19.7. The number of likely N-dealkylation sites (tertiary alicyclic amines) is 1. The Morgan fingerprint density at radius 1 is 1.05 bits per heavy atom. The van der Waals surface area contributed by atoms with Crippen LogP contribution in [0.2, 0.25) is 0 Å². The molecule has 3 heterocycles. The summed E-state index contributed by atoms with van der Waals surface area (Å²) in [6, 6.07) is 15.2. The molecule has 10 heteroatoms. The lowest BCUT2D eigenvalue weighted by Crippen LogP contribution is -2.59. The van der Waals surface area contributed by atoms with Crippen molar-refractivity contribution >= 4 is 32.4 Å². The third-order valence-electron chi connectivity index (χ3n) is 8.18. The zero-order valence-electron chi connectivity index (χ0n) is 22.6. The zero-order chi connectivity index (χ0) is 27.8. The number of carbonyl (C=O) groups is 1. The first kappa shape index (κ1) is 27.9. The van der Waals surface area contributed by atoms with E-state index in [0.29, 0.717) is 24.8 Å². The Balaban J connectivity index is 1.21. The van der Waals surface area contributed by atoms with Crippen molar-refractivity contribution in [3.8, 4) is 11.3 Å². The van der Waals surface area contributed by atoms with Crippen molar-refractivity contribution in [2.24, 2.45) is 5.41 Å². The van der Waals surface area contributed by atoms with Crippen molar-refractivity contribution in [3.05, 3.63) is 65.3 Å². The van der Waals surface area contributed by atoms with Crippen molar-refractivity contribution in [2.45, 2.75) is 56.9 Å². The number of nitrogens with one attached hydrogen (secondary N) is 1. The summed E-state index contributed by atoms with van der Waals surface area (Å²) in [5.74, 6) is -0.657. The first-order valence-electron chi connectivity index (χ1n) is 13.3. The molecule has 1 spiro atoms. The molecule has 0 bridgehead atoms. The Bertz CT molecular complexity index is 1450. The lowest BCUT2D eigenvalue weighted by Gasteiger charge is -2.53. The Hall–Kier alpha value is -2.66. The molecule has 7 nitrogen and oxygen atoms in total. The fourth-order valence-electron chi connectivity index (χ4n) is 5.73. The van der Waals surface area contributed by atoms with Gasteiger partial charge in [0.1, 0.15) is 5.82 Å². The fraction of sp³-hybridized carbons (Fsp3) is 0.448. The van der Waals surface area contributed by atoms with Crippen LogP contribution in [-0.2, 0) is 14.8 Å². The molecule has 2 saturated heterocycles. The number of sulfonamides is 1. The molecule has 1 aromatic heterocycles. The summed E-state index contributed by atoms with van der Waals surface area (Å²) in [4.78, 5) is 20.7. The van der Waals surface area contributed by atoms with Gasteiger partial charge >= 0.3 is 0 Å². The molecular weight excluding hydrogens is 535 g/mol. The number of aryl methyl sites for hydroxylation is 1. The SMILES string of the molecule is Cc1sc(NC(=O)CN2CCC3(CC2)CCC(C)(C)N(S(=O)(=O)c2cccc(F)c2)C3)nc1-c1ccccc1. The van der Waals surface area contributed by atoms with Crippen LogP contribution in [-0.4, -0.2) is 60.2 Å². The van der Waals surface area contributed by atoms with Crippen LogP contribution in [0.4, 0.5) is 9.52 Å². The molecule has 0 radical (unpaired) electrons. The Morgan fingerprint density at radius 2 is 1.77 bits per heavy atom. The molecule has 208 valence electrons. The standard InChI is InChI=1S/C29H35FN4O3S2/c1-21-26(22-8-5-4-6-9-22)32-27(38-21)31-25(35)19-33-16-14-29(15-17-33)13-12-28(2,3)34(20-29)39(36,37)24-11-7-10-23(30)18-24/h4-11,18H,12-17,19-20H2,1-3H3,(H,31,32,35). The highest BCUT2D eigenvalue weighted by Gasteiger charge is 2.49. The van der Waals surface area contributed by atoms with Crippen LogP contribution in [0.3, 0.4) is 0 Å². The molecule has 0 atom stereocenters. The van der Waals surface area contributed by atoms with Gasteiger partial charge in [0.05, 0.1) is 17.1 Å². The zero-order valence-corrected chi connectivity index (χ0v) is 24.2. The minimum absolute atomic E-state index is 0.00502. The topological polar surface area (TPSA) is 82.6 Å². The van der Waals surface area contributed by atoms with Gasteiger partial charge in [-0.3, -0.25) is 9.69 Å². The third kappa shape index (κ3) is 5.94. The van der Waals surface area contributed by atoms with Gasteiger partial charge in [-0.25, -0.2) is 17.8 Å². The van der Waals surface area contributed by atoms with Crippen molar-refractivity contribution in [1.29, 1.82) is 0 Å². The predicted molar refractivity (Wildman–Crippen MR) is 153 cm³/mol. The number of hydrogen-bond acceptors (Lipinski definition) is 6. The molecule has 1 amide bonds. The van der Waals surface area contributed by atoms with Crippen LogP contribution < -0.4 is 5.32 Å². The molecule has 1 N–H and O–H groups in total. The highest BCUT2D eigenvalue weighted by atomic mass is 32.2. The number of rotatable bonds is 6. The Kier molecular flexibility index (Phi) is 7.67. The van der Waals surface area contributed by atoms with Gasteiger partial charge in [0.2, 0.25) is 15.9 Å². The molecule has 3 aromatic rings. The maximum Gasteiger partial charge on any atom is 0.243 e. The molecule has 0 aliphatic carbocycles. The third-order valence-corrected chi connectivity index (χ3v) is 11.1. The second-order valence-electron chi connectivity index (χ2n) is 11.4. The van der Waals surface area contributed by atoms with E-state index in [-0.39, 0.29) is 22.8 Å². The molecule has 2 aliphatic heterocycles. The number of nitrogens with zero attached hydrogens (tertiary/aromatic N) is 3. The first-order chi connectivity index (χ1) is 18.5. The van der Waals surface area contributed by atoms with E-state index in [9.17, 15) is 17.6 Å². The smallest absolute Gasteiger partial charge is 0.243 e. The Labute approximate surface area is 234 Å². The van der Waals surface area contributed by atoms with Gasteiger partial charge < -0.3 is 5.32 Å². The first-order valence-corrected chi connectivity index (χ1v) is 15.6. The van der Waals surface area contributed by atoms with Crippen LogP contribution in [0, 0.1) is 18.2 Å². The van der Waals surface area contributed by atoms with E-state index in [0.717, 1.165) is 47.9 Å². The summed E-state index contributed by atoms with van der Waals surface area (Å²) in [6.07, 6.45) is 3.27. The number of piperidine rings is 2. The lowest BCUT2D eigenvalue weighted by atomic mass is 9.69. The second kappa shape index (κ2) is 10.7. The summed E-state index contributed by atoms with van der Waals surface area (Å²) in [7, 11) is -3.85. The molecule has 0 saturated carbocycles. The van der Waals surface area contributed by atoms with Crippen LogP contribution >= 0.6 is 11.3 Å². The number of benzene rings is 2. The van der Waals surface area contributed by atoms with E-state index in [1.807, 2.05) is 51.1 Å². The van der Waals surface area contributed by atoms with Gasteiger partial charge in [0, 0.05) is 22.5 Å². The largest absolute Gasteiger partial charge is 0.301 e. The maximum atomic E-state index is 13.9. The van der Waals surface area contributed by atoms with Crippen LogP contribution in [0.1, 0.15) is 44.4 Å². The van der Waals surface area contributed by atoms with Crippen molar-refractivity contribution in [2.75, 3.05) is 31.5 Å². The van der Waals surface area contributed by atoms with Crippen LogP contribution in [0.25, 0.3) is 11.3 Å². The van der Waals surface area contributed by atoms with Crippen LogP contribution in [0.15, 0.2) is 59.5 Å². The minimum Gasteiger partial charge on any atom is -0.301 e. The molecule has 2 aliphatic rings. The number of amides is 1. The van der Waals surface area contributed by atoms with Crippen molar-refractivity contribution in [3.63, 3.8) is 0 Å². The fourth-order valence-corrected chi connectivity index (χ4v) is 8.53. The summed E-state index contributed by atoms with van der Waals surface area (Å²) < 4.78 is 42.6. The van der Waals surface area contributed by atoms with E-state index in [1.54, 1.807) is 4.31 Å². The van der Waals surface area contributed by atoms with Gasteiger partial charge in [-0.2, -0.15) is 4.31 Å². The van der Waals surface area contributed by atoms with Gasteiger partial charge in [0.15, 0.2) is 5.13 Å².